The fourth-order valence-corrected chi connectivity index (χ4v) is 1.37. The first-order valence-corrected chi connectivity index (χ1v) is 5.68. The van der Waals surface area contributed by atoms with E-state index in [0.29, 0.717) is 6.42 Å². The van der Waals surface area contributed by atoms with Crippen molar-refractivity contribution in [3.63, 3.8) is 0 Å². The second-order valence-electron chi connectivity index (χ2n) is 3.65. The fraction of sp³-hybridized carbons (Fsp3) is 0.357. The number of esters is 1. The van der Waals surface area contributed by atoms with Gasteiger partial charge in [0, 0.05) is 12.0 Å². The van der Waals surface area contributed by atoms with E-state index < -0.39 is 0 Å². The normalized spacial score (nSPS) is 12.4. The quantitative estimate of drug-likeness (QED) is 0.734. The Kier molecular flexibility index (Phi) is 5.27. The number of hydrogen-bond donors (Lipinski definition) is 0. The van der Waals surface area contributed by atoms with Crippen LogP contribution in [0.4, 0.5) is 0 Å². The molecule has 0 saturated heterocycles. The number of carbonyl (C=O) groups is 1. The summed E-state index contributed by atoms with van der Waals surface area (Å²) >= 11 is 0. The molecule has 92 valence electrons. The minimum Gasteiger partial charge on any atom is -0.496 e. The molecule has 1 aromatic rings. The predicted octanol–water partition coefficient (Wildman–Crippen LogP) is 3.05. The molecule has 0 N–H and O–H groups in total. The second-order valence-corrected chi connectivity index (χ2v) is 3.65. The minimum absolute atomic E-state index is 0.192. The van der Waals surface area contributed by atoms with Gasteiger partial charge in [0.05, 0.1) is 7.11 Å². The van der Waals surface area contributed by atoms with Gasteiger partial charge < -0.3 is 9.47 Å². The van der Waals surface area contributed by atoms with E-state index in [1.807, 2.05) is 43.3 Å². The highest BCUT2D eigenvalue weighted by atomic mass is 16.5. The van der Waals surface area contributed by atoms with E-state index in [1.165, 1.54) is 0 Å². The van der Waals surface area contributed by atoms with Crippen LogP contribution in [0, 0.1) is 0 Å². The highest BCUT2D eigenvalue weighted by molar-refractivity contribution is 5.69. The maximum absolute atomic E-state index is 11.1. The molecule has 0 unspecified atom stereocenters. The highest BCUT2D eigenvalue weighted by Gasteiger charge is 2.04. The van der Waals surface area contributed by atoms with Gasteiger partial charge in [-0.25, -0.2) is 0 Å². The molecule has 1 rings (SSSR count). The Morgan fingerprint density at radius 3 is 2.76 bits per heavy atom. The largest absolute Gasteiger partial charge is 0.496 e. The number of carbonyl (C=O) groups excluding carboxylic acids is 1. The molecule has 0 bridgehead atoms. The number of rotatable bonds is 5. The summed E-state index contributed by atoms with van der Waals surface area (Å²) in [6.07, 6.45) is 3.90. The summed E-state index contributed by atoms with van der Waals surface area (Å²) in [6, 6.07) is 7.69. The third-order valence-electron chi connectivity index (χ3n) is 2.29. The average molecular weight is 234 g/mol. The van der Waals surface area contributed by atoms with Crippen molar-refractivity contribution in [2.45, 2.75) is 26.4 Å². The molecule has 0 aliphatic carbocycles. The average Bonchev–Trinajstić information content (AvgIpc) is 2.36. The zero-order chi connectivity index (χ0) is 12.7. The van der Waals surface area contributed by atoms with Crippen LogP contribution < -0.4 is 4.74 Å². The van der Waals surface area contributed by atoms with E-state index in [1.54, 1.807) is 14.0 Å². The van der Waals surface area contributed by atoms with E-state index >= 15 is 0 Å². The Morgan fingerprint density at radius 1 is 1.41 bits per heavy atom. The van der Waals surface area contributed by atoms with Gasteiger partial charge in [0.25, 0.3) is 0 Å². The summed E-state index contributed by atoms with van der Waals surface area (Å²) in [4.78, 5) is 11.1. The van der Waals surface area contributed by atoms with Crippen molar-refractivity contribution in [2.24, 2.45) is 0 Å². The maximum atomic E-state index is 11.1. The van der Waals surface area contributed by atoms with Crippen molar-refractivity contribution in [1.82, 2.24) is 0 Å². The second kappa shape index (κ2) is 6.74. The number of methoxy groups -OCH3 is 1. The van der Waals surface area contributed by atoms with E-state index in [4.69, 9.17) is 9.47 Å². The summed E-state index contributed by atoms with van der Waals surface area (Å²) < 4.78 is 10.3. The Bertz CT molecular complexity index is 396. The van der Waals surface area contributed by atoms with Gasteiger partial charge in [-0.05, 0) is 19.1 Å². The summed E-state index contributed by atoms with van der Waals surface area (Å²) in [5, 5.41) is 0. The maximum Gasteiger partial charge on any atom is 0.306 e. The smallest absolute Gasteiger partial charge is 0.306 e. The molecule has 1 aromatic carbocycles. The minimum atomic E-state index is -0.229. The van der Waals surface area contributed by atoms with E-state index in [-0.39, 0.29) is 12.1 Å². The fourth-order valence-electron chi connectivity index (χ4n) is 1.37. The van der Waals surface area contributed by atoms with Crippen LogP contribution in [0.15, 0.2) is 30.3 Å². The van der Waals surface area contributed by atoms with Gasteiger partial charge in [0.2, 0.25) is 0 Å². The van der Waals surface area contributed by atoms with Crippen LogP contribution in [0.2, 0.25) is 0 Å². The third kappa shape index (κ3) is 4.31. The van der Waals surface area contributed by atoms with Crippen molar-refractivity contribution >= 4 is 12.0 Å². The molecular weight excluding hydrogens is 216 g/mol. The summed E-state index contributed by atoms with van der Waals surface area (Å²) in [5.41, 5.74) is 0.967. The van der Waals surface area contributed by atoms with Gasteiger partial charge >= 0.3 is 5.97 Å². The Balaban J connectivity index is 2.66. The standard InChI is InChI=1S/C14H18O3/c1-4-14(15)17-11(2)9-10-12-7-5-6-8-13(12)16-3/h5-11H,4H2,1-3H3/b10-9+/t11-/m1/s1. The predicted molar refractivity (Wildman–Crippen MR) is 67.9 cm³/mol. The summed E-state index contributed by atoms with van der Waals surface area (Å²) in [6.45, 7) is 3.61. The molecule has 3 heteroatoms. The van der Waals surface area contributed by atoms with Crippen LogP contribution in [0.1, 0.15) is 25.8 Å². The topological polar surface area (TPSA) is 35.5 Å². The lowest BCUT2D eigenvalue weighted by molar-refractivity contribution is -0.145. The van der Waals surface area contributed by atoms with Gasteiger partial charge in [0.1, 0.15) is 11.9 Å². The SMILES string of the molecule is CCC(=O)O[C@H](C)/C=C/c1ccccc1OC. The molecule has 0 radical (unpaired) electrons. The molecule has 0 amide bonds. The number of benzene rings is 1. The number of para-hydroxylation sites is 1. The van der Waals surface area contributed by atoms with Gasteiger partial charge in [-0.3, -0.25) is 4.79 Å². The van der Waals surface area contributed by atoms with Crippen molar-refractivity contribution < 1.29 is 14.3 Å². The van der Waals surface area contributed by atoms with Crippen LogP contribution in [-0.2, 0) is 9.53 Å². The zero-order valence-corrected chi connectivity index (χ0v) is 10.5. The Labute approximate surface area is 102 Å². The lowest BCUT2D eigenvalue weighted by atomic mass is 10.1. The van der Waals surface area contributed by atoms with E-state index in [2.05, 4.69) is 0 Å². The van der Waals surface area contributed by atoms with Gasteiger partial charge in [-0.2, -0.15) is 0 Å². The first kappa shape index (κ1) is 13.3. The Morgan fingerprint density at radius 2 is 2.12 bits per heavy atom. The Hall–Kier alpha value is -1.77. The summed E-state index contributed by atoms with van der Waals surface area (Å²) in [5.74, 6) is 0.611. The van der Waals surface area contributed by atoms with Crippen molar-refractivity contribution in [3.8, 4) is 5.75 Å². The molecule has 0 aliphatic heterocycles. The van der Waals surface area contributed by atoms with Crippen molar-refractivity contribution in [3.05, 3.63) is 35.9 Å². The van der Waals surface area contributed by atoms with E-state index in [0.717, 1.165) is 11.3 Å². The van der Waals surface area contributed by atoms with Gasteiger partial charge in [0.15, 0.2) is 0 Å². The first-order chi connectivity index (χ1) is 8.17. The molecular formula is C14H18O3. The van der Waals surface area contributed by atoms with Crippen molar-refractivity contribution in [2.75, 3.05) is 7.11 Å². The molecule has 0 spiro atoms. The van der Waals surface area contributed by atoms with Crippen LogP contribution in [0.5, 0.6) is 5.75 Å². The summed E-state index contributed by atoms with van der Waals surface area (Å²) in [7, 11) is 1.63. The molecule has 0 heterocycles. The molecule has 0 aromatic heterocycles. The molecule has 0 fully saturated rings. The number of ether oxygens (including phenoxy) is 2. The first-order valence-electron chi connectivity index (χ1n) is 5.68. The lowest BCUT2D eigenvalue weighted by Crippen LogP contribution is -2.11. The van der Waals surface area contributed by atoms with Crippen molar-refractivity contribution in [1.29, 1.82) is 0 Å². The molecule has 0 aliphatic rings. The molecule has 0 saturated carbocycles. The van der Waals surface area contributed by atoms with Gasteiger partial charge in [-0.15, -0.1) is 0 Å². The highest BCUT2D eigenvalue weighted by Crippen LogP contribution is 2.19. The number of hydrogen-bond acceptors (Lipinski definition) is 3. The van der Waals surface area contributed by atoms with Crippen LogP contribution in [0.25, 0.3) is 6.08 Å². The monoisotopic (exact) mass is 234 g/mol. The zero-order valence-electron chi connectivity index (χ0n) is 10.5. The van der Waals surface area contributed by atoms with Crippen LogP contribution >= 0.6 is 0 Å². The molecule has 17 heavy (non-hydrogen) atoms. The lowest BCUT2D eigenvalue weighted by Gasteiger charge is -2.08. The van der Waals surface area contributed by atoms with Gasteiger partial charge in [-0.1, -0.05) is 31.2 Å². The van der Waals surface area contributed by atoms with Crippen LogP contribution in [0.3, 0.4) is 0 Å². The van der Waals surface area contributed by atoms with E-state index in [9.17, 15) is 4.79 Å². The molecule has 3 nitrogen and oxygen atoms in total. The molecule has 1 atom stereocenters. The van der Waals surface area contributed by atoms with Crippen LogP contribution in [-0.4, -0.2) is 19.2 Å². The third-order valence-corrected chi connectivity index (χ3v) is 2.29.